The molecule has 0 amide bonds. The maximum absolute atomic E-state index is 13.0. The summed E-state index contributed by atoms with van der Waals surface area (Å²) in [7, 11) is -9.90. The number of carbonyl (C=O) groups is 4. The Balaban J connectivity index is 5.25. The van der Waals surface area contributed by atoms with Crippen molar-refractivity contribution < 1.29 is 80.2 Å². The van der Waals surface area contributed by atoms with Crippen LogP contribution in [0.1, 0.15) is 325 Å². The predicted molar refractivity (Wildman–Crippen MR) is 344 cm³/mol. The second-order valence-corrected chi connectivity index (χ2v) is 28.8. The maximum atomic E-state index is 13.0. The van der Waals surface area contributed by atoms with Crippen LogP contribution in [-0.2, 0) is 65.4 Å². The molecule has 0 saturated carbocycles. The van der Waals surface area contributed by atoms with Crippen LogP contribution < -0.4 is 0 Å². The van der Waals surface area contributed by atoms with E-state index in [1.165, 1.54) is 122 Å². The van der Waals surface area contributed by atoms with E-state index in [9.17, 15) is 43.2 Å². The molecule has 0 radical (unpaired) electrons. The van der Waals surface area contributed by atoms with E-state index in [1.807, 2.05) is 0 Å². The van der Waals surface area contributed by atoms with E-state index in [2.05, 4.69) is 55.4 Å². The Morgan fingerprint density at radius 3 is 0.826 bits per heavy atom. The van der Waals surface area contributed by atoms with Crippen molar-refractivity contribution in [2.75, 3.05) is 39.6 Å². The molecule has 0 aromatic heterocycles. The molecule has 0 aromatic rings. The monoisotopic (exact) mass is 1270 g/mol. The number of aliphatic hydroxyl groups excluding tert-OH is 1. The smallest absolute Gasteiger partial charge is 0.462 e. The van der Waals surface area contributed by atoms with Crippen molar-refractivity contribution in [1.29, 1.82) is 0 Å². The van der Waals surface area contributed by atoms with Gasteiger partial charge in [-0.3, -0.25) is 37.3 Å². The number of carbonyl (C=O) groups excluding carboxylic acids is 4. The highest BCUT2D eigenvalue weighted by atomic mass is 31.2. The fraction of sp³-hybridized carbons (Fsp3) is 0.940. The van der Waals surface area contributed by atoms with Gasteiger partial charge in [-0.1, -0.05) is 274 Å². The Hall–Kier alpha value is -1.94. The first-order valence-electron chi connectivity index (χ1n) is 34.7. The maximum Gasteiger partial charge on any atom is 0.472 e. The van der Waals surface area contributed by atoms with Crippen LogP contribution in [0.2, 0.25) is 0 Å². The second-order valence-electron chi connectivity index (χ2n) is 25.9. The Morgan fingerprint density at radius 1 is 0.326 bits per heavy atom. The minimum Gasteiger partial charge on any atom is -0.462 e. The van der Waals surface area contributed by atoms with Gasteiger partial charge in [0, 0.05) is 25.7 Å². The molecule has 0 saturated heterocycles. The van der Waals surface area contributed by atoms with Crippen molar-refractivity contribution in [3.05, 3.63) is 0 Å². The van der Waals surface area contributed by atoms with Gasteiger partial charge in [0.1, 0.15) is 19.3 Å². The van der Waals surface area contributed by atoms with E-state index in [4.69, 9.17) is 37.0 Å². The SMILES string of the molecule is CCC(C)CCCCCCCCC(=O)OC[C@H](COP(=O)(O)OC[C@H](O)COP(=O)(O)OC[C@@H](COC(=O)CCCCCCCCCCCCCC(C)C)OC(=O)CCCCCCCCCCC(C)C)OC(=O)CCCCCCCCCCC(C)C. The lowest BCUT2D eigenvalue weighted by molar-refractivity contribution is -0.161. The van der Waals surface area contributed by atoms with Crippen molar-refractivity contribution in [1.82, 2.24) is 0 Å². The van der Waals surface area contributed by atoms with Crippen molar-refractivity contribution in [3.8, 4) is 0 Å². The molecular formula is C67H130O17P2. The van der Waals surface area contributed by atoms with Crippen molar-refractivity contribution in [2.24, 2.45) is 23.7 Å². The van der Waals surface area contributed by atoms with Crippen LogP contribution in [0.25, 0.3) is 0 Å². The van der Waals surface area contributed by atoms with Crippen LogP contribution in [0, 0.1) is 23.7 Å². The van der Waals surface area contributed by atoms with Gasteiger partial charge in [-0.2, -0.15) is 0 Å². The number of rotatable bonds is 64. The molecule has 17 nitrogen and oxygen atoms in total. The van der Waals surface area contributed by atoms with Crippen molar-refractivity contribution >= 4 is 39.5 Å². The zero-order valence-electron chi connectivity index (χ0n) is 55.9. The van der Waals surface area contributed by atoms with Crippen LogP contribution in [0.4, 0.5) is 0 Å². The summed E-state index contributed by atoms with van der Waals surface area (Å²) in [6.45, 7) is 14.0. The van der Waals surface area contributed by atoms with Gasteiger partial charge in [-0.15, -0.1) is 0 Å². The van der Waals surface area contributed by atoms with Crippen LogP contribution in [0.15, 0.2) is 0 Å². The van der Waals surface area contributed by atoms with Crippen LogP contribution >= 0.6 is 15.6 Å². The highest BCUT2D eigenvalue weighted by Crippen LogP contribution is 2.45. The molecule has 3 N–H and O–H groups in total. The zero-order valence-corrected chi connectivity index (χ0v) is 57.7. The molecule has 0 aliphatic heterocycles. The minimum atomic E-state index is -4.95. The minimum absolute atomic E-state index is 0.103. The van der Waals surface area contributed by atoms with Gasteiger partial charge in [0.25, 0.3) is 0 Å². The number of esters is 4. The molecule has 0 aliphatic rings. The average Bonchev–Trinajstić information content (AvgIpc) is 3.64. The summed E-state index contributed by atoms with van der Waals surface area (Å²) >= 11 is 0. The van der Waals surface area contributed by atoms with Gasteiger partial charge in [0.05, 0.1) is 26.4 Å². The predicted octanol–water partition coefficient (Wildman–Crippen LogP) is 18.5. The van der Waals surface area contributed by atoms with Crippen LogP contribution in [0.3, 0.4) is 0 Å². The van der Waals surface area contributed by atoms with E-state index < -0.39 is 97.5 Å². The number of phosphoric acid groups is 2. The van der Waals surface area contributed by atoms with Crippen molar-refractivity contribution in [3.63, 3.8) is 0 Å². The summed E-state index contributed by atoms with van der Waals surface area (Å²) < 4.78 is 68.1. The van der Waals surface area contributed by atoms with Crippen LogP contribution in [-0.4, -0.2) is 96.7 Å². The first-order valence-corrected chi connectivity index (χ1v) is 37.7. The van der Waals surface area contributed by atoms with E-state index in [0.29, 0.717) is 25.7 Å². The Morgan fingerprint density at radius 2 is 0.558 bits per heavy atom. The summed E-state index contributed by atoms with van der Waals surface area (Å²) in [4.78, 5) is 72.4. The molecule has 3 unspecified atom stereocenters. The van der Waals surface area contributed by atoms with Gasteiger partial charge in [-0.25, -0.2) is 9.13 Å². The molecule has 19 heteroatoms. The number of hydrogen-bond acceptors (Lipinski definition) is 15. The van der Waals surface area contributed by atoms with E-state index in [1.54, 1.807) is 0 Å². The number of hydrogen-bond donors (Lipinski definition) is 3. The Kier molecular flexibility index (Phi) is 55.7. The molecule has 510 valence electrons. The first kappa shape index (κ1) is 84.1. The fourth-order valence-electron chi connectivity index (χ4n) is 9.93. The van der Waals surface area contributed by atoms with Crippen molar-refractivity contribution in [2.45, 2.75) is 343 Å². The Labute approximate surface area is 524 Å². The lowest BCUT2D eigenvalue weighted by Gasteiger charge is -2.21. The molecule has 6 atom stereocenters. The molecule has 86 heavy (non-hydrogen) atoms. The normalized spacial score (nSPS) is 14.7. The summed E-state index contributed by atoms with van der Waals surface area (Å²) in [6.07, 6.45) is 37.7. The van der Waals surface area contributed by atoms with E-state index >= 15 is 0 Å². The highest BCUT2D eigenvalue weighted by molar-refractivity contribution is 7.47. The molecule has 0 aromatic carbocycles. The van der Waals surface area contributed by atoms with Crippen LogP contribution in [0.5, 0.6) is 0 Å². The number of unbranched alkanes of at least 4 members (excludes halogenated alkanes) is 29. The second kappa shape index (κ2) is 57.0. The molecular weight excluding hydrogens is 1140 g/mol. The Bertz CT molecular complexity index is 1720. The molecule has 0 aliphatic carbocycles. The van der Waals surface area contributed by atoms with Gasteiger partial charge < -0.3 is 33.8 Å². The molecule has 0 spiro atoms. The molecule has 0 rings (SSSR count). The molecule has 0 fully saturated rings. The average molecular weight is 1270 g/mol. The largest absolute Gasteiger partial charge is 0.472 e. The summed E-state index contributed by atoms with van der Waals surface area (Å²) in [6, 6.07) is 0. The third kappa shape index (κ3) is 59.7. The molecule has 0 bridgehead atoms. The summed E-state index contributed by atoms with van der Waals surface area (Å²) in [5, 5.41) is 10.6. The van der Waals surface area contributed by atoms with Gasteiger partial charge >= 0.3 is 39.5 Å². The summed E-state index contributed by atoms with van der Waals surface area (Å²) in [5.74, 6) is 0.801. The standard InChI is InChI=1S/C67H130O17P2/c1-9-60(8)46-38-30-25-26-32-40-48-65(70)78-54-63(84-67(72)50-42-34-24-18-16-21-29-37-45-59(6)7)56-82-86(75,76)80-52-61(68)51-79-85(73,74)81-55-62(83-66(71)49-41-33-23-17-15-20-28-36-44-58(4)5)53-77-64(69)47-39-31-22-14-12-10-11-13-19-27-35-43-57(2)3/h57-63,68H,9-56H2,1-8H3,(H,73,74)(H,75,76)/t60?,61-,62-,63-/m1/s1. The number of ether oxygens (including phenoxy) is 4. The zero-order chi connectivity index (χ0) is 63.9. The third-order valence-corrected chi connectivity index (χ3v) is 17.6. The number of aliphatic hydroxyl groups is 1. The van der Waals surface area contributed by atoms with E-state index in [0.717, 1.165) is 120 Å². The first-order chi connectivity index (χ1) is 41.1. The highest BCUT2D eigenvalue weighted by Gasteiger charge is 2.30. The lowest BCUT2D eigenvalue weighted by Crippen LogP contribution is -2.30. The number of phosphoric ester groups is 2. The fourth-order valence-corrected chi connectivity index (χ4v) is 11.5. The quantitative estimate of drug-likeness (QED) is 0.0222. The summed E-state index contributed by atoms with van der Waals surface area (Å²) in [5.41, 5.74) is 0. The molecule has 0 heterocycles. The van der Waals surface area contributed by atoms with Gasteiger partial charge in [0.2, 0.25) is 0 Å². The topological polar surface area (TPSA) is 237 Å². The lowest BCUT2D eigenvalue weighted by atomic mass is 10.00. The van der Waals surface area contributed by atoms with Gasteiger partial charge in [-0.05, 0) is 49.4 Å². The third-order valence-electron chi connectivity index (χ3n) is 15.7. The van der Waals surface area contributed by atoms with E-state index in [-0.39, 0.29) is 25.7 Å². The van der Waals surface area contributed by atoms with Gasteiger partial charge in [0.15, 0.2) is 12.2 Å².